The summed E-state index contributed by atoms with van der Waals surface area (Å²) < 4.78 is 1.91. The third-order valence-electron chi connectivity index (χ3n) is 3.04. The van der Waals surface area contributed by atoms with Gasteiger partial charge in [-0.1, -0.05) is 12.1 Å². The maximum atomic E-state index is 4.20. The van der Waals surface area contributed by atoms with E-state index in [-0.39, 0.29) is 5.54 Å². The Labute approximate surface area is 118 Å². The summed E-state index contributed by atoms with van der Waals surface area (Å²) in [5, 5.41) is 14.0. The number of nitrogens with one attached hydrogen (secondary N) is 1. The summed E-state index contributed by atoms with van der Waals surface area (Å²) in [5.74, 6) is 0. The molecule has 104 valence electrons. The lowest BCUT2D eigenvalue weighted by atomic mass is 10.1. The van der Waals surface area contributed by atoms with Crippen molar-refractivity contribution in [2.45, 2.75) is 52.7 Å². The van der Waals surface area contributed by atoms with E-state index in [9.17, 15) is 0 Å². The Kier molecular flexibility index (Phi) is 4.37. The van der Waals surface area contributed by atoms with E-state index in [0.717, 1.165) is 25.2 Å². The second-order valence-corrected chi connectivity index (χ2v) is 6.65. The average Bonchev–Trinajstić information content (AvgIpc) is 2.96. The lowest BCUT2D eigenvalue weighted by Gasteiger charge is -2.17. The molecule has 0 aliphatic rings. The summed E-state index contributed by atoms with van der Waals surface area (Å²) in [6.07, 6.45) is 3.11. The maximum absolute atomic E-state index is 4.20. The van der Waals surface area contributed by atoms with E-state index in [0.29, 0.717) is 0 Å². The summed E-state index contributed by atoms with van der Waals surface area (Å²) in [6.45, 7) is 10.2. The van der Waals surface area contributed by atoms with Gasteiger partial charge in [-0.15, -0.1) is 16.4 Å². The van der Waals surface area contributed by atoms with E-state index in [1.807, 2.05) is 22.2 Å². The van der Waals surface area contributed by atoms with E-state index in [2.05, 4.69) is 54.8 Å². The van der Waals surface area contributed by atoms with Crippen LogP contribution in [-0.2, 0) is 25.0 Å². The largest absolute Gasteiger partial charge is 0.306 e. The van der Waals surface area contributed by atoms with Crippen LogP contribution in [0.2, 0.25) is 0 Å². The maximum Gasteiger partial charge on any atom is 0.0965 e. The fraction of sp³-hybridized carbons (Fsp3) is 0.571. The highest BCUT2D eigenvalue weighted by Crippen LogP contribution is 2.17. The molecule has 0 spiro atoms. The number of aromatic nitrogens is 3. The van der Waals surface area contributed by atoms with Crippen molar-refractivity contribution in [3.63, 3.8) is 0 Å². The molecule has 4 nitrogen and oxygen atoms in total. The Morgan fingerprint density at radius 2 is 2.11 bits per heavy atom. The van der Waals surface area contributed by atoms with Crippen molar-refractivity contribution in [1.82, 2.24) is 20.3 Å². The lowest BCUT2D eigenvalue weighted by molar-refractivity contribution is 0.347. The Hall–Kier alpha value is -1.20. The minimum Gasteiger partial charge on any atom is -0.306 e. The zero-order chi connectivity index (χ0) is 13.9. The van der Waals surface area contributed by atoms with Gasteiger partial charge in [-0.25, -0.2) is 4.68 Å². The molecule has 2 heterocycles. The van der Waals surface area contributed by atoms with Crippen molar-refractivity contribution in [3.8, 4) is 0 Å². The summed E-state index contributed by atoms with van der Waals surface area (Å²) in [7, 11) is 0. The lowest BCUT2D eigenvalue weighted by Crippen LogP contribution is -2.22. The molecule has 2 aromatic rings. The Bertz CT molecular complexity index is 522. The highest BCUT2D eigenvalue weighted by molar-refractivity contribution is 7.10. The first-order chi connectivity index (χ1) is 9.00. The molecular weight excluding hydrogens is 256 g/mol. The van der Waals surface area contributed by atoms with E-state index in [1.54, 1.807) is 0 Å². The Balaban J connectivity index is 1.88. The van der Waals surface area contributed by atoms with Crippen molar-refractivity contribution in [3.05, 3.63) is 33.8 Å². The minimum atomic E-state index is -0.00557. The number of thiophene rings is 1. The second-order valence-electron chi connectivity index (χ2n) is 5.65. The van der Waals surface area contributed by atoms with Crippen molar-refractivity contribution < 1.29 is 0 Å². The molecule has 0 bridgehead atoms. The van der Waals surface area contributed by atoms with E-state index in [1.165, 1.54) is 10.4 Å². The van der Waals surface area contributed by atoms with Crippen LogP contribution in [-0.4, -0.2) is 15.0 Å². The molecule has 2 aromatic heterocycles. The second kappa shape index (κ2) is 5.84. The Morgan fingerprint density at radius 3 is 2.74 bits per heavy atom. The highest BCUT2D eigenvalue weighted by atomic mass is 32.1. The summed E-state index contributed by atoms with van der Waals surface area (Å²) >= 11 is 1.81. The van der Waals surface area contributed by atoms with E-state index < -0.39 is 0 Å². The monoisotopic (exact) mass is 278 g/mol. The number of hydrogen-bond donors (Lipinski definition) is 1. The van der Waals surface area contributed by atoms with Gasteiger partial charge in [0, 0.05) is 18.0 Å². The molecule has 0 unspecified atom stereocenters. The number of hydrogen-bond acceptors (Lipinski definition) is 4. The summed E-state index contributed by atoms with van der Waals surface area (Å²) in [6, 6.07) is 2.21. The Morgan fingerprint density at radius 1 is 1.32 bits per heavy atom. The molecule has 0 aromatic carbocycles. The van der Waals surface area contributed by atoms with Gasteiger partial charge in [0.2, 0.25) is 0 Å². The fourth-order valence-corrected chi connectivity index (χ4v) is 2.79. The first kappa shape index (κ1) is 14.2. The highest BCUT2D eigenvalue weighted by Gasteiger charge is 2.14. The van der Waals surface area contributed by atoms with Gasteiger partial charge in [0.25, 0.3) is 0 Å². The van der Waals surface area contributed by atoms with Gasteiger partial charge >= 0.3 is 0 Å². The first-order valence-electron chi connectivity index (χ1n) is 6.68. The van der Waals surface area contributed by atoms with Gasteiger partial charge < -0.3 is 5.32 Å². The SMILES string of the molecule is CCc1ccsc1CNCc1cn(C(C)(C)C)nn1. The number of rotatable bonds is 5. The molecule has 0 saturated heterocycles. The molecule has 19 heavy (non-hydrogen) atoms. The number of aryl methyl sites for hydroxylation is 1. The molecule has 1 N–H and O–H groups in total. The van der Waals surface area contributed by atoms with Crippen LogP contribution in [0.3, 0.4) is 0 Å². The molecule has 0 radical (unpaired) electrons. The van der Waals surface area contributed by atoms with Gasteiger partial charge in [0.1, 0.15) is 0 Å². The van der Waals surface area contributed by atoms with Crippen LogP contribution >= 0.6 is 11.3 Å². The first-order valence-corrected chi connectivity index (χ1v) is 7.56. The molecule has 0 amide bonds. The molecule has 0 saturated carbocycles. The van der Waals surface area contributed by atoms with Gasteiger partial charge in [-0.05, 0) is 44.2 Å². The van der Waals surface area contributed by atoms with Gasteiger partial charge in [-0.2, -0.15) is 0 Å². The molecular formula is C14H22N4S. The zero-order valence-electron chi connectivity index (χ0n) is 12.1. The standard InChI is InChI=1S/C14H22N4S/c1-5-11-6-7-19-13(11)9-15-8-12-10-18(17-16-12)14(2,3)4/h6-7,10,15H,5,8-9H2,1-4H3. The third-order valence-corrected chi connectivity index (χ3v) is 4.00. The average molecular weight is 278 g/mol. The van der Waals surface area contributed by atoms with E-state index >= 15 is 0 Å². The van der Waals surface area contributed by atoms with Gasteiger partial charge in [0.05, 0.1) is 17.4 Å². The van der Waals surface area contributed by atoms with Crippen molar-refractivity contribution in [2.24, 2.45) is 0 Å². The molecule has 2 rings (SSSR count). The predicted molar refractivity (Wildman–Crippen MR) is 79.3 cm³/mol. The van der Waals surface area contributed by atoms with Crippen LogP contribution in [0.25, 0.3) is 0 Å². The predicted octanol–water partition coefficient (Wildman–Crippen LogP) is 2.95. The normalized spacial score (nSPS) is 12.0. The molecule has 0 aliphatic heterocycles. The topological polar surface area (TPSA) is 42.7 Å². The molecule has 0 aliphatic carbocycles. The van der Waals surface area contributed by atoms with Gasteiger partial charge in [-0.3, -0.25) is 0 Å². The van der Waals surface area contributed by atoms with Crippen molar-refractivity contribution in [1.29, 1.82) is 0 Å². The third kappa shape index (κ3) is 3.64. The van der Waals surface area contributed by atoms with Gasteiger partial charge in [0.15, 0.2) is 0 Å². The van der Waals surface area contributed by atoms with Crippen LogP contribution in [0, 0.1) is 0 Å². The number of nitrogens with zero attached hydrogens (tertiary/aromatic N) is 3. The smallest absolute Gasteiger partial charge is 0.0965 e. The van der Waals surface area contributed by atoms with Crippen LogP contribution in [0.4, 0.5) is 0 Å². The van der Waals surface area contributed by atoms with Crippen LogP contribution in [0.5, 0.6) is 0 Å². The zero-order valence-corrected chi connectivity index (χ0v) is 12.9. The van der Waals surface area contributed by atoms with Crippen LogP contribution in [0.15, 0.2) is 17.6 Å². The van der Waals surface area contributed by atoms with Crippen LogP contribution in [0.1, 0.15) is 43.8 Å². The van der Waals surface area contributed by atoms with Crippen molar-refractivity contribution >= 4 is 11.3 Å². The van der Waals surface area contributed by atoms with Crippen molar-refractivity contribution in [2.75, 3.05) is 0 Å². The summed E-state index contributed by atoms with van der Waals surface area (Å²) in [5.41, 5.74) is 2.43. The quantitative estimate of drug-likeness (QED) is 0.914. The molecule has 0 fully saturated rings. The van der Waals surface area contributed by atoms with Crippen LogP contribution < -0.4 is 5.32 Å². The minimum absolute atomic E-state index is 0.00557. The fourth-order valence-electron chi connectivity index (χ4n) is 1.85. The molecule has 0 atom stereocenters. The molecule has 5 heteroatoms. The van der Waals surface area contributed by atoms with E-state index in [4.69, 9.17) is 0 Å². The summed E-state index contributed by atoms with van der Waals surface area (Å²) in [4.78, 5) is 1.42.